The van der Waals surface area contributed by atoms with E-state index in [1.165, 1.54) is 18.4 Å². The third kappa shape index (κ3) is 5.20. The molecule has 0 aromatic heterocycles. The van der Waals surface area contributed by atoms with Crippen LogP contribution in [0.1, 0.15) is 35.6 Å². The zero-order valence-corrected chi connectivity index (χ0v) is 16.2. The minimum absolute atomic E-state index is 0.0744. The van der Waals surface area contributed by atoms with Crippen molar-refractivity contribution in [2.75, 3.05) is 26.7 Å². The second-order valence-corrected chi connectivity index (χ2v) is 6.99. The number of carbonyl (C=O) groups excluding carboxylic acids is 1. The highest BCUT2D eigenvalue weighted by molar-refractivity contribution is 5.91. The molecule has 0 aliphatic carbocycles. The third-order valence-corrected chi connectivity index (χ3v) is 5.05. The van der Waals surface area contributed by atoms with Gasteiger partial charge in [0.2, 0.25) is 5.91 Å². The van der Waals surface area contributed by atoms with Gasteiger partial charge in [0.1, 0.15) is 5.75 Å². The first-order valence-electron chi connectivity index (χ1n) is 9.57. The van der Waals surface area contributed by atoms with E-state index in [-0.39, 0.29) is 11.9 Å². The number of nitrogens with one attached hydrogen (secondary N) is 1. The van der Waals surface area contributed by atoms with Crippen LogP contribution >= 0.6 is 0 Å². The van der Waals surface area contributed by atoms with E-state index in [1.54, 1.807) is 13.2 Å². The number of carbonyl (C=O) groups is 1. The average molecular weight is 364 g/mol. The quantitative estimate of drug-likeness (QED) is 0.756. The van der Waals surface area contributed by atoms with Gasteiger partial charge in [-0.2, -0.15) is 0 Å². The summed E-state index contributed by atoms with van der Waals surface area (Å²) in [6.45, 7) is 4.73. The lowest BCUT2D eigenvalue weighted by molar-refractivity contribution is -0.116. The van der Waals surface area contributed by atoms with Crippen molar-refractivity contribution >= 4 is 12.0 Å². The largest absolute Gasteiger partial charge is 0.496 e. The molecule has 1 aliphatic rings. The third-order valence-electron chi connectivity index (χ3n) is 5.05. The molecule has 1 fully saturated rings. The monoisotopic (exact) mass is 364 g/mol. The van der Waals surface area contributed by atoms with Crippen LogP contribution in [-0.4, -0.2) is 37.6 Å². The van der Waals surface area contributed by atoms with Crippen molar-refractivity contribution in [1.82, 2.24) is 10.2 Å². The van der Waals surface area contributed by atoms with Crippen molar-refractivity contribution in [3.63, 3.8) is 0 Å². The molecule has 27 heavy (non-hydrogen) atoms. The molecule has 4 nitrogen and oxygen atoms in total. The van der Waals surface area contributed by atoms with Gasteiger partial charge in [-0.1, -0.05) is 48.0 Å². The molecule has 1 atom stereocenters. The molecule has 0 radical (unpaired) electrons. The molecule has 2 aromatic carbocycles. The second kappa shape index (κ2) is 9.38. The Morgan fingerprint density at radius 3 is 2.56 bits per heavy atom. The van der Waals surface area contributed by atoms with Crippen molar-refractivity contribution in [3.05, 3.63) is 71.3 Å². The van der Waals surface area contributed by atoms with E-state index < -0.39 is 0 Å². The number of amides is 1. The minimum atomic E-state index is -0.0744. The fourth-order valence-electron chi connectivity index (χ4n) is 3.54. The molecule has 0 bridgehead atoms. The van der Waals surface area contributed by atoms with Gasteiger partial charge in [-0.3, -0.25) is 9.69 Å². The Morgan fingerprint density at radius 1 is 1.15 bits per heavy atom. The van der Waals surface area contributed by atoms with E-state index in [1.807, 2.05) is 48.5 Å². The Balaban J connectivity index is 1.67. The maximum Gasteiger partial charge on any atom is 0.244 e. The molecule has 2 aromatic rings. The van der Waals surface area contributed by atoms with Gasteiger partial charge in [-0.15, -0.1) is 0 Å². The number of hydrogen-bond acceptors (Lipinski definition) is 3. The van der Waals surface area contributed by atoms with Crippen LogP contribution in [0.25, 0.3) is 6.08 Å². The summed E-state index contributed by atoms with van der Waals surface area (Å²) in [5, 5.41) is 3.07. The van der Waals surface area contributed by atoms with Gasteiger partial charge in [-0.25, -0.2) is 0 Å². The van der Waals surface area contributed by atoms with E-state index in [0.29, 0.717) is 6.54 Å². The average Bonchev–Trinajstić information content (AvgIpc) is 3.22. The SMILES string of the molecule is COc1ccccc1C(CNC(=O)/C=C/c1ccc(C)cc1)N1CCCC1. The van der Waals surface area contributed by atoms with Gasteiger partial charge >= 0.3 is 0 Å². The Morgan fingerprint density at radius 2 is 1.85 bits per heavy atom. The lowest BCUT2D eigenvalue weighted by atomic mass is 10.0. The molecule has 1 N–H and O–H groups in total. The number of likely N-dealkylation sites (tertiary alicyclic amines) is 1. The van der Waals surface area contributed by atoms with Crippen LogP contribution < -0.4 is 10.1 Å². The predicted molar refractivity (Wildman–Crippen MR) is 110 cm³/mol. The first-order valence-corrected chi connectivity index (χ1v) is 9.57. The van der Waals surface area contributed by atoms with Crippen molar-refractivity contribution < 1.29 is 9.53 Å². The molecule has 1 heterocycles. The fraction of sp³-hybridized carbons (Fsp3) is 0.348. The summed E-state index contributed by atoms with van der Waals surface area (Å²) < 4.78 is 5.55. The van der Waals surface area contributed by atoms with Gasteiger partial charge in [0.25, 0.3) is 0 Å². The van der Waals surface area contributed by atoms with Crippen molar-refractivity contribution in [1.29, 1.82) is 0 Å². The summed E-state index contributed by atoms with van der Waals surface area (Å²) in [7, 11) is 1.70. The second-order valence-electron chi connectivity index (χ2n) is 6.99. The van der Waals surface area contributed by atoms with Crippen LogP contribution in [0.4, 0.5) is 0 Å². The number of methoxy groups -OCH3 is 1. The summed E-state index contributed by atoms with van der Waals surface area (Å²) in [6, 6.07) is 16.3. The standard InChI is InChI=1S/C23H28N2O2/c1-18-9-11-19(12-10-18)13-14-23(26)24-17-21(25-15-5-6-16-25)20-7-3-4-8-22(20)27-2/h3-4,7-14,21H,5-6,15-17H2,1-2H3,(H,24,26)/b14-13+. The number of rotatable bonds is 7. The van der Waals surface area contributed by atoms with E-state index in [9.17, 15) is 4.79 Å². The summed E-state index contributed by atoms with van der Waals surface area (Å²) >= 11 is 0. The number of hydrogen-bond donors (Lipinski definition) is 1. The van der Waals surface area contributed by atoms with Crippen LogP contribution in [0.5, 0.6) is 5.75 Å². The molecule has 0 spiro atoms. The number of aryl methyl sites for hydroxylation is 1. The van der Waals surface area contributed by atoms with Crippen LogP contribution in [0.15, 0.2) is 54.6 Å². The van der Waals surface area contributed by atoms with Gasteiger partial charge in [-0.05, 0) is 50.6 Å². The maximum atomic E-state index is 12.3. The molecule has 0 saturated carbocycles. The lowest BCUT2D eigenvalue weighted by Crippen LogP contribution is -2.36. The highest BCUT2D eigenvalue weighted by Gasteiger charge is 2.25. The van der Waals surface area contributed by atoms with Crippen LogP contribution in [-0.2, 0) is 4.79 Å². The smallest absolute Gasteiger partial charge is 0.244 e. The number of benzene rings is 2. The molecular formula is C23H28N2O2. The van der Waals surface area contributed by atoms with E-state index in [2.05, 4.69) is 23.2 Å². The van der Waals surface area contributed by atoms with Crippen molar-refractivity contribution in [2.24, 2.45) is 0 Å². The van der Waals surface area contributed by atoms with Crippen LogP contribution in [0, 0.1) is 6.92 Å². The zero-order chi connectivity index (χ0) is 19.1. The highest BCUT2D eigenvalue weighted by atomic mass is 16.5. The van der Waals surface area contributed by atoms with Gasteiger partial charge in [0.15, 0.2) is 0 Å². The summed E-state index contributed by atoms with van der Waals surface area (Å²) in [5.41, 5.74) is 3.36. The minimum Gasteiger partial charge on any atom is -0.496 e. The zero-order valence-electron chi connectivity index (χ0n) is 16.2. The summed E-state index contributed by atoms with van der Waals surface area (Å²) in [5.74, 6) is 0.800. The van der Waals surface area contributed by atoms with Crippen molar-refractivity contribution in [2.45, 2.75) is 25.8 Å². The van der Waals surface area contributed by atoms with E-state index >= 15 is 0 Å². The summed E-state index contributed by atoms with van der Waals surface area (Å²) in [4.78, 5) is 14.8. The highest BCUT2D eigenvalue weighted by Crippen LogP contribution is 2.31. The molecule has 142 valence electrons. The Bertz CT molecular complexity index is 777. The molecule has 1 aliphatic heterocycles. The fourth-order valence-corrected chi connectivity index (χ4v) is 3.54. The van der Waals surface area contributed by atoms with E-state index in [0.717, 1.165) is 30.0 Å². The number of nitrogens with zero attached hydrogens (tertiary/aromatic N) is 1. The maximum absolute atomic E-state index is 12.3. The summed E-state index contributed by atoms with van der Waals surface area (Å²) in [6.07, 6.45) is 5.86. The number of para-hydroxylation sites is 1. The molecule has 4 heteroatoms. The van der Waals surface area contributed by atoms with Gasteiger partial charge in [0, 0.05) is 18.2 Å². The lowest BCUT2D eigenvalue weighted by Gasteiger charge is -2.29. The predicted octanol–water partition coefficient (Wildman–Crippen LogP) is 3.97. The molecule has 3 rings (SSSR count). The normalized spacial score (nSPS) is 15.8. The van der Waals surface area contributed by atoms with Gasteiger partial charge < -0.3 is 10.1 Å². The van der Waals surface area contributed by atoms with Crippen LogP contribution in [0.3, 0.4) is 0 Å². The first-order chi connectivity index (χ1) is 13.2. The Kier molecular flexibility index (Phi) is 6.66. The molecule has 1 amide bonds. The Hall–Kier alpha value is -2.59. The van der Waals surface area contributed by atoms with Gasteiger partial charge in [0.05, 0.1) is 13.2 Å². The van der Waals surface area contributed by atoms with Crippen molar-refractivity contribution in [3.8, 4) is 5.75 Å². The molecular weight excluding hydrogens is 336 g/mol. The van der Waals surface area contributed by atoms with E-state index in [4.69, 9.17) is 4.74 Å². The molecule has 1 unspecified atom stereocenters. The first kappa shape index (κ1) is 19.2. The topological polar surface area (TPSA) is 41.6 Å². The Labute approximate surface area is 161 Å². The number of ether oxygens (including phenoxy) is 1. The molecule has 1 saturated heterocycles. The van der Waals surface area contributed by atoms with Crippen LogP contribution in [0.2, 0.25) is 0 Å².